The minimum Gasteiger partial charge on any atom is -0.319 e. The van der Waals surface area contributed by atoms with E-state index >= 15 is 0 Å². The highest BCUT2D eigenvalue weighted by molar-refractivity contribution is 7.13. The lowest BCUT2D eigenvalue weighted by Gasteiger charge is -2.22. The molecule has 0 radical (unpaired) electrons. The first-order valence-electron chi connectivity index (χ1n) is 8.20. The van der Waals surface area contributed by atoms with E-state index in [-0.39, 0.29) is 6.54 Å². The summed E-state index contributed by atoms with van der Waals surface area (Å²) in [5.74, 6) is -0.795. The Morgan fingerprint density at radius 3 is 2.67 bits per heavy atom. The van der Waals surface area contributed by atoms with Crippen LogP contribution in [0.25, 0.3) is 10.6 Å². The van der Waals surface area contributed by atoms with Gasteiger partial charge in [0.25, 0.3) is 5.91 Å². The molecule has 1 atom stereocenters. The molecule has 0 saturated carbocycles. The SMILES string of the molecule is Cn1cc(-c2nc(CN3C(=O)NC(C)(c4ccc(F)cc4)C3=O)cs2)cn1. The average molecular weight is 385 g/mol. The number of carbonyl (C=O) groups excluding carboxylic acids is 2. The van der Waals surface area contributed by atoms with Crippen molar-refractivity contribution < 1.29 is 14.0 Å². The van der Waals surface area contributed by atoms with E-state index in [4.69, 9.17) is 0 Å². The zero-order valence-corrected chi connectivity index (χ0v) is 15.5. The summed E-state index contributed by atoms with van der Waals surface area (Å²) in [4.78, 5) is 31.0. The van der Waals surface area contributed by atoms with Gasteiger partial charge in [0.15, 0.2) is 0 Å². The fourth-order valence-corrected chi connectivity index (χ4v) is 3.81. The van der Waals surface area contributed by atoms with E-state index in [1.165, 1.54) is 35.6 Å². The fourth-order valence-electron chi connectivity index (χ4n) is 3.03. The minimum absolute atomic E-state index is 0.0677. The summed E-state index contributed by atoms with van der Waals surface area (Å²) < 4.78 is 14.9. The minimum atomic E-state index is -1.23. The standard InChI is InChI=1S/C18H16FN5O2S/c1-18(12-3-5-13(19)6-4-12)16(25)24(17(26)22-18)9-14-10-27-15(21-14)11-7-20-23(2)8-11/h3-8,10H,9H2,1-2H3,(H,22,26). The summed E-state index contributed by atoms with van der Waals surface area (Å²) in [6.07, 6.45) is 3.56. The number of imide groups is 1. The number of hydrogen-bond donors (Lipinski definition) is 1. The molecule has 27 heavy (non-hydrogen) atoms. The van der Waals surface area contributed by atoms with Crippen LogP contribution in [-0.4, -0.2) is 31.6 Å². The van der Waals surface area contributed by atoms with Crippen LogP contribution in [0.1, 0.15) is 18.2 Å². The molecule has 1 aromatic carbocycles. The van der Waals surface area contributed by atoms with Crippen molar-refractivity contribution in [1.82, 2.24) is 25.0 Å². The first-order chi connectivity index (χ1) is 12.9. The lowest BCUT2D eigenvalue weighted by molar-refractivity contribution is -0.131. The number of hydrogen-bond acceptors (Lipinski definition) is 5. The number of aryl methyl sites for hydroxylation is 1. The Hall–Kier alpha value is -3.07. The summed E-state index contributed by atoms with van der Waals surface area (Å²) in [5.41, 5.74) is 0.791. The van der Waals surface area contributed by atoms with Crippen LogP contribution in [0.2, 0.25) is 0 Å². The van der Waals surface area contributed by atoms with Crippen molar-refractivity contribution in [3.8, 4) is 10.6 Å². The van der Waals surface area contributed by atoms with Gasteiger partial charge in [-0.25, -0.2) is 14.2 Å². The number of amides is 3. The maximum atomic E-state index is 13.2. The third-order valence-corrected chi connectivity index (χ3v) is 5.46. The van der Waals surface area contributed by atoms with Crippen LogP contribution >= 0.6 is 11.3 Å². The van der Waals surface area contributed by atoms with E-state index in [0.717, 1.165) is 15.5 Å². The highest BCUT2D eigenvalue weighted by Gasteiger charge is 2.49. The van der Waals surface area contributed by atoms with Crippen molar-refractivity contribution in [3.63, 3.8) is 0 Å². The molecule has 1 saturated heterocycles. The lowest BCUT2D eigenvalue weighted by Crippen LogP contribution is -2.40. The van der Waals surface area contributed by atoms with E-state index in [1.54, 1.807) is 17.8 Å². The molecule has 7 nitrogen and oxygen atoms in total. The molecular weight excluding hydrogens is 369 g/mol. The molecule has 0 bridgehead atoms. The molecule has 9 heteroatoms. The molecule has 1 fully saturated rings. The largest absolute Gasteiger partial charge is 0.325 e. The van der Waals surface area contributed by atoms with Crippen LogP contribution in [0, 0.1) is 5.82 Å². The van der Waals surface area contributed by atoms with Crippen LogP contribution in [-0.2, 0) is 23.9 Å². The maximum absolute atomic E-state index is 13.2. The molecule has 3 amide bonds. The summed E-state index contributed by atoms with van der Waals surface area (Å²) >= 11 is 1.42. The monoisotopic (exact) mass is 385 g/mol. The number of benzene rings is 1. The number of aromatic nitrogens is 3. The summed E-state index contributed by atoms with van der Waals surface area (Å²) in [6.45, 7) is 1.68. The molecule has 138 valence electrons. The Morgan fingerprint density at radius 2 is 2.00 bits per heavy atom. The molecule has 1 N–H and O–H groups in total. The van der Waals surface area contributed by atoms with Crippen molar-refractivity contribution in [1.29, 1.82) is 0 Å². The zero-order chi connectivity index (χ0) is 19.2. The smallest absolute Gasteiger partial charge is 0.319 e. The Morgan fingerprint density at radius 1 is 1.26 bits per heavy atom. The van der Waals surface area contributed by atoms with Gasteiger partial charge in [-0.2, -0.15) is 5.10 Å². The summed E-state index contributed by atoms with van der Waals surface area (Å²) in [5, 5.41) is 9.41. The molecule has 1 aliphatic rings. The van der Waals surface area contributed by atoms with Crippen molar-refractivity contribution in [2.75, 3.05) is 0 Å². The molecule has 1 unspecified atom stereocenters. The number of nitrogens with one attached hydrogen (secondary N) is 1. The first-order valence-corrected chi connectivity index (χ1v) is 9.08. The average Bonchev–Trinajstić information content (AvgIpc) is 3.32. The number of rotatable bonds is 4. The van der Waals surface area contributed by atoms with Gasteiger partial charge in [0.2, 0.25) is 0 Å². The van der Waals surface area contributed by atoms with E-state index in [0.29, 0.717) is 11.3 Å². The Kier molecular flexibility index (Phi) is 4.03. The summed E-state index contributed by atoms with van der Waals surface area (Å²) in [6, 6.07) is 5.04. The maximum Gasteiger partial charge on any atom is 0.325 e. The van der Waals surface area contributed by atoms with Gasteiger partial charge in [0, 0.05) is 24.2 Å². The number of nitrogens with zero attached hydrogens (tertiary/aromatic N) is 4. The molecule has 2 aromatic heterocycles. The van der Waals surface area contributed by atoms with Crippen molar-refractivity contribution in [2.24, 2.45) is 7.05 Å². The van der Waals surface area contributed by atoms with Crippen molar-refractivity contribution in [2.45, 2.75) is 19.0 Å². The number of thiazole rings is 1. The Bertz CT molecular complexity index is 1030. The quantitative estimate of drug-likeness (QED) is 0.700. The predicted molar refractivity (Wildman–Crippen MR) is 97.1 cm³/mol. The second-order valence-electron chi connectivity index (χ2n) is 6.50. The van der Waals surface area contributed by atoms with E-state index in [2.05, 4.69) is 15.4 Å². The second kappa shape index (κ2) is 6.27. The van der Waals surface area contributed by atoms with E-state index < -0.39 is 23.3 Å². The first kappa shape index (κ1) is 17.3. The van der Waals surface area contributed by atoms with Gasteiger partial charge in [-0.1, -0.05) is 12.1 Å². The third-order valence-electron chi connectivity index (χ3n) is 4.52. The second-order valence-corrected chi connectivity index (χ2v) is 7.36. The normalized spacial score (nSPS) is 19.6. The molecule has 4 rings (SSSR count). The predicted octanol–water partition coefficient (Wildman–Crippen LogP) is 2.65. The van der Waals surface area contributed by atoms with Crippen LogP contribution < -0.4 is 5.32 Å². The van der Waals surface area contributed by atoms with Crippen LogP contribution in [0.3, 0.4) is 0 Å². The van der Waals surface area contributed by atoms with Gasteiger partial charge >= 0.3 is 6.03 Å². The Labute approximate surface area is 158 Å². The van der Waals surface area contributed by atoms with Crippen molar-refractivity contribution >= 4 is 23.3 Å². The van der Waals surface area contributed by atoms with Crippen LogP contribution in [0.4, 0.5) is 9.18 Å². The van der Waals surface area contributed by atoms with Gasteiger partial charge in [0.1, 0.15) is 16.4 Å². The molecule has 1 aliphatic heterocycles. The van der Waals surface area contributed by atoms with Gasteiger partial charge < -0.3 is 5.32 Å². The number of carbonyl (C=O) groups is 2. The van der Waals surface area contributed by atoms with E-state index in [1.807, 2.05) is 18.6 Å². The van der Waals surface area contributed by atoms with Gasteiger partial charge in [0.05, 0.1) is 18.4 Å². The topological polar surface area (TPSA) is 80.1 Å². The van der Waals surface area contributed by atoms with Crippen LogP contribution in [0.15, 0.2) is 42.0 Å². The lowest BCUT2D eigenvalue weighted by atomic mass is 9.92. The molecular formula is C18H16FN5O2S. The summed E-state index contributed by atoms with van der Waals surface area (Å²) in [7, 11) is 1.82. The molecule has 0 aliphatic carbocycles. The number of urea groups is 1. The van der Waals surface area contributed by atoms with Crippen molar-refractivity contribution in [3.05, 3.63) is 59.1 Å². The fraction of sp³-hybridized carbons (Fsp3) is 0.222. The highest BCUT2D eigenvalue weighted by Crippen LogP contribution is 2.31. The zero-order valence-electron chi connectivity index (χ0n) is 14.6. The molecule has 3 heterocycles. The molecule has 3 aromatic rings. The van der Waals surface area contributed by atoms with Crippen LogP contribution in [0.5, 0.6) is 0 Å². The van der Waals surface area contributed by atoms with Gasteiger partial charge in [-0.3, -0.25) is 14.4 Å². The third kappa shape index (κ3) is 2.99. The molecule has 0 spiro atoms. The van der Waals surface area contributed by atoms with Gasteiger partial charge in [-0.15, -0.1) is 11.3 Å². The number of halogens is 1. The Balaban J connectivity index is 1.56. The highest BCUT2D eigenvalue weighted by atomic mass is 32.1. The van der Waals surface area contributed by atoms with E-state index in [9.17, 15) is 14.0 Å². The van der Waals surface area contributed by atoms with Gasteiger partial charge in [-0.05, 0) is 24.6 Å².